The van der Waals surface area contributed by atoms with Crippen LogP contribution in [-0.4, -0.2) is 35.6 Å². The molecule has 8 heteroatoms. The summed E-state index contributed by atoms with van der Waals surface area (Å²) in [5.41, 5.74) is 2.92. The highest BCUT2D eigenvalue weighted by Crippen LogP contribution is 2.45. The molecule has 1 aromatic carbocycles. The lowest BCUT2D eigenvalue weighted by atomic mass is 9.96. The number of carboxylic acid groups (broad SMARTS) is 1. The minimum absolute atomic E-state index is 0.183. The molecule has 0 atom stereocenters. The molecule has 0 spiro atoms. The number of nitrogens with zero attached hydrogens (tertiary/aromatic N) is 2. The fourth-order valence-corrected chi connectivity index (χ4v) is 5.61. The highest BCUT2D eigenvalue weighted by atomic mass is 32.1. The van der Waals surface area contributed by atoms with Crippen LogP contribution in [0.5, 0.6) is 5.75 Å². The zero-order valence-electron chi connectivity index (χ0n) is 17.3. The second-order valence-corrected chi connectivity index (χ2v) is 9.02. The Balaban J connectivity index is 1.76. The number of methoxy groups -OCH3 is 1. The first-order chi connectivity index (χ1) is 15.0. The summed E-state index contributed by atoms with van der Waals surface area (Å²) >= 11 is 1.70. The molecule has 31 heavy (non-hydrogen) atoms. The van der Waals surface area contributed by atoms with Crippen LogP contribution in [0.4, 0.5) is 0 Å². The van der Waals surface area contributed by atoms with Crippen molar-refractivity contribution in [3.8, 4) is 16.2 Å². The molecule has 2 aliphatic carbocycles. The Kier molecular flexibility index (Phi) is 4.81. The van der Waals surface area contributed by atoms with Crippen LogP contribution >= 0.6 is 11.3 Å². The first kappa shape index (κ1) is 19.8. The number of carboxylic acids is 1. The van der Waals surface area contributed by atoms with Crippen molar-refractivity contribution in [1.29, 1.82) is 0 Å². The van der Waals surface area contributed by atoms with Gasteiger partial charge in [0.05, 0.1) is 23.7 Å². The van der Waals surface area contributed by atoms with Gasteiger partial charge in [0.25, 0.3) is 0 Å². The number of pyridine rings is 1. The molecule has 2 heterocycles. The summed E-state index contributed by atoms with van der Waals surface area (Å²) < 4.78 is 7.75. The van der Waals surface area contributed by atoms with Crippen LogP contribution < -0.4 is 10.2 Å². The van der Waals surface area contributed by atoms with Crippen LogP contribution in [0.1, 0.15) is 52.5 Å². The number of aryl methyl sites for hydroxylation is 1. The average Bonchev–Trinajstić information content (AvgIpc) is 3.51. The molecule has 0 amide bonds. The van der Waals surface area contributed by atoms with Gasteiger partial charge in [0, 0.05) is 33.1 Å². The van der Waals surface area contributed by atoms with Gasteiger partial charge in [0.15, 0.2) is 5.75 Å². The Bertz CT molecular complexity index is 1300. The monoisotopic (exact) mass is 438 g/mol. The van der Waals surface area contributed by atoms with Crippen molar-refractivity contribution in [3.63, 3.8) is 0 Å². The first-order valence-corrected chi connectivity index (χ1v) is 11.1. The summed E-state index contributed by atoms with van der Waals surface area (Å²) in [4.78, 5) is 31.8. The number of hydrogen-bond acceptors (Lipinski definition) is 6. The van der Waals surface area contributed by atoms with Gasteiger partial charge in [-0.3, -0.25) is 4.79 Å². The van der Waals surface area contributed by atoms with Crippen LogP contribution in [0.15, 0.2) is 34.3 Å². The summed E-state index contributed by atoms with van der Waals surface area (Å²) in [6.07, 6.45) is 6.28. The number of rotatable bonds is 5. The van der Waals surface area contributed by atoms with Crippen molar-refractivity contribution in [2.45, 2.75) is 38.1 Å². The van der Waals surface area contributed by atoms with E-state index in [2.05, 4.69) is 11.2 Å². The topological polar surface area (TPSA) is 90.1 Å². The highest BCUT2D eigenvalue weighted by molar-refractivity contribution is 7.16. The van der Waals surface area contributed by atoms with Gasteiger partial charge in [-0.25, -0.2) is 4.79 Å². The fourth-order valence-electron chi connectivity index (χ4n) is 4.36. The molecule has 0 bridgehead atoms. The van der Waals surface area contributed by atoms with E-state index in [1.54, 1.807) is 31.6 Å². The number of thiophene rings is 1. The molecular formula is C23H22N2O5S. The Morgan fingerprint density at radius 1 is 1.23 bits per heavy atom. The van der Waals surface area contributed by atoms with Gasteiger partial charge in [-0.05, 0) is 50.3 Å². The van der Waals surface area contributed by atoms with Gasteiger partial charge in [-0.15, -0.1) is 11.3 Å². The number of carbonyl (C=O) groups is 1. The Morgan fingerprint density at radius 2 is 2.03 bits per heavy atom. The van der Waals surface area contributed by atoms with Crippen molar-refractivity contribution >= 4 is 33.9 Å². The largest absolute Gasteiger partial charge is 0.494 e. The van der Waals surface area contributed by atoms with Crippen LogP contribution in [0.3, 0.4) is 0 Å². The van der Waals surface area contributed by atoms with Crippen LogP contribution in [0, 0.1) is 0 Å². The maximum absolute atomic E-state index is 12.9. The third-order valence-electron chi connectivity index (χ3n) is 5.93. The zero-order valence-corrected chi connectivity index (χ0v) is 18.1. The van der Waals surface area contributed by atoms with Crippen molar-refractivity contribution < 1.29 is 19.5 Å². The molecule has 0 saturated heterocycles. The molecule has 2 aromatic heterocycles. The van der Waals surface area contributed by atoms with E-state index in [0.29, 0.717) is 16.7 Å². The molecule has 3 aromatic rings. The maximum Gasteiger partial charge on any atom is 0.341 e. The molecule has 160 valence electrons. The Morgan fingerprint density at radius 3 is 2.71 bits per heavy atom. The van der Waals surface area contributed by atoms with Crippen molar-refractivity contribution in [3.05, 3.63) is 50.6 Å². The fraction of sp³-hybridized carbons (Fsp3) is 0.348. The molecule has 1 fully saturated rings. The van der Waals surface area contributed by atoms with Gasteiger partial charge >= 0.3 is 5.97 Å². The van der Waals surface area contributed by atoms with E-state index in [4.69, 9.17) is 9.57 Å². The average molecular weight is 439 g/mol. The van der Waals surface area contributed by atoms with Crippen LogP contribution in [0.25, 0.3) is 21.3 Å². The summed E-state index contributed by atoms with van der Waals surface area (Å²) in [5, 5.41) is 14.1. The van der Waals surface area contributed by atoms with Gasteiger partial charge in [-0.1, -0.05) is 5.16 Å². The molecule has 1 N–H and O–H groups in total. The first-order valence-electron chi connectivity index (χ1n) is 10.3. The standard InChI is InChI=1S/C23H22N2O5S/c1-29-22-13(19-10-15-17(24-30-2)4-3-5-18(15)31-19)8-9-14-20(22)25(12-6-7-12)11-16(21(14)26)23(27)28/h8-12H,3-7H2,1-2H3,(H,27,28)/b24-17-. The van der Waals surface area contributed by atoms with E-state index in [0.717, 1.165) is 53.8 Å². The van der Waals surface area contributed by atoms with E-state index < -0.39 is 11.4 Å². The summed E-state index contributed by atoms with van der Waals surface area (Å²) in [6, 6.07) is 5.88. The van der Waals surface area contributed by atoms with E-state index >= 15 is 0 Å². The van der Waals surface area contributed by atoms with E-state index in [1.165, 1.54) is 11.1 Å². The lowest BCUT2D eigenvalue weighted by Crippen LogP contribution is -2.19. The molecule has 0 radical (unpaired) electrons. The lowest BCUT2D eigenvalue weighted by Gasteiger charge is -2.17. The summed E-state index contributed by atoms with van der Waals surface area (Å²) in [6.45, 7) is 0. The SMILES string of the molecule is CO/N=C1/CCCc2sc(-c3ccc4c(=O)c(C(=O)O)cn(C5CC5)c4c3OC)cc21. The second kappa shape index (κ2) is 7.53. The predicted octanol–water partition coefficient (Wildman–Crippen LogP) is 4.46. The maximum atomic E-state index is 12.9. The molecule has 5 rings (SSSR count). The van der Waals surface area contributed by atoms with E-state index in [1.807, 2.05) is 10.6 Å². The number of aromatic carboxylic acids is 1. The normalized spacial score (nSPS) is 17.0. The number of aromatic nitrogens is 1. The van der Waals surface area contributed by atoms with Gasteiger partial charge in [0.1, 0.15) is 12.7 Å². The van der Waals surface area contributed by atoms with Crippen molar-refractivity contribution in [2.24, 2.45) is 5.16 Å². The predicted molar refractivity (Wildman–Crippen MR) is 120 cm³/mol. The number of fused-ring (bicyclic) bond motifs is 2. The minimum atomic E-state index is -1.21. The Labute approximate surface area is 182 Å². The molecular weight excluding hydrogens is 416 g/mol. The molecule has 0 unspecified atom stereocenters. The quantitative estimate of drug-likeness (QED) is 0.594. The lowest BCUT2D eigenvalue weighted by molar-refractivity contribution is 0.0695. The highest BCUT2D eigenvalue weighted by Gasteiger charge is 2.30. The molecule has 0 aliphatic heterocycles. The molecule has 7 nitrogen and oxygen atoms in total. The smallest absolute Gasteiger partial charge is 0.341 e. The number of oxime groups is 1. The van der Waals surface area contributed by atoms with Crippen molar-refractivity contribution in [1.82, 2.24) is 4.57 Å². The second-order valence-electron chi connectivity index (χ2n) is 7.88. The van der Waals surface area contributed by atoms with Crippen molar-refractivity contribution in [2.75, 3.05) is 14.2 Å². The van der Waals surface area contributed by atoms with E-state index in [9.17, 15) is 14.7 Å². The Hall–Kier alpha value is -3.13. The van der Waals surface area contributed by atoms with Gasteiger partial charge in [-0.2, -0.15) is 0 Å². The number of hydrogen-bond donors (Lipinski definition) is 1. The van der Waals surface area contributed by atoms with Gasteiger partial charge < -0.3 is 19.2 Å². The molecule has 2 aliphatic rings. The molecule has 1 saturated carbocycles. The minimum Gasteiger partial charge on any atom is -0.494 e. The third-order valence-corrected chi connectivity index (χ3v) is 7.15. The third kappa shape index (κ3) is 3.22. The number of ether oxygens (including phenoxy) is 1. The summed E-state index contributed by atoms with van der Waals surface area (Å²) in [5.74, 6) is -0.609. The van der Waals surface area contributed by atoms with Crippen LogP contribution in [0.2, 0.25) is 0 Å². The zero-order chi connectivity index (χ0) is 21.7. The summed E-state index contributed by atoms with van der Waals surface area (Å²) in [7, 11) is 3.15. The number of benzene rings is 1. The van der Waals surface area contributed by atoms with E-state index in [-0.39, 0.29) is 11.6 Å². The van der Waals surface area contributed by atoms with Gasteiger partial charge in [0.2, 0.25) is 5.43 Å². The van der Waals surface area contributed by atoms with Crippen LogP contribution in [-0.2, 0) is 11.3 Å².